The van der Waals surface area contributed by atoms with Crippen LogP contribution in [-0.4, -0.2) is 21.5 Å². The van der Waals surface area contributed by atoms with Crippen LogP contribution in [0.2, 0.25) is 0 Å². The van der Waals surface area contributed by atoms with Crippen molar-refractivity contribution >= 4 is 22.9 Å². The number of aliphatic imine (C=N–C) groups is 1. The number of amidine groups is 1. The SMILES string of the molecule is CC1=C(C(=O)O)C(c2ccccc2C)N=C(SC(C)C)N1. The summed E-state index contributed by atoms with van der Waals surface area (Å²) < 4.78 is 0. The third-order valence-corrected chi connectivity index (χ3v) is 4.18. The molecule has 21 heavy (non-hydrogen) atoms. The molecule has 112 valence electrons. The molecule has 0 bridgehead atoms. The number of carboxylic acids is 1. The molecule has 0 saturated carbocycles. The second kappa shape index (κ2) is 6.35. The van der Waals surface area contributed by atoms with E-state index in [4.69, 9.17) is 0 Å². The molecule has 0 spiro atoms. The highest BCUT2D eigenvalue weighted by Crippen LogP contribution is 2.34. The molecule has 0 amide bonds. The van der Waals surface area contributed by atoms with Crippen LogP contribution in [0.25, 0.3) is 0 Å². The molecule has 1 atom stereocenters. The number of nitrogens with zero attached hydrogens (tertiary/aromatic N) is 1. The summed E-state index contributed by atoms with van der Waals surface area (Å²) in [4.78, 5) is 16.3. The van der Waals surface area contributed by atoms with Gasteiger partial charge >= 0.3 is 5.97 Å². The maximum absolute atomic E-state index is 11.6. The van der Waals surface area contributed by atoms with Crippen LogP contribution in [0.3, 0.4) is 0 Å². The molecule has 5 heteroatoms. The fourth-order valence-corrected chi connectivity index (χ4v) is 3.15. The highest BCUT2D eigenvalue weighted by Gasteiger charge is 2.30. The Morgan fingerprint density at radius 3 is 2.57 bits per heavy atom. The second-order valence-corrected chi connectivity index (χ2v) is 6.89. The van der Waals surface area contributed by atoms with E-state index in [1.165, 1.54) is 0 Å². The standard InChI is InChI=1S/C16H20N2O2S/c1-9(2)21-16-17-11(4)13(15(19)20)14(18-16)12-8-6-5-7-10(12)3/h5-9,14H,1-4H3,(H,17,18)(H,19,20). The lowest BCUT2D eigenvalue weighted by Gasteiger charge is -2.26. The Balaban J connectivity index is 2.49. The summed E-state index contributed by atoms with van der Waals surface area (Å²) in [5.74, 6) is -0.925. The van der Waals surface area contributed by atoms with E-state index in [9.17, 15) is 9.90 Å². The van der Waals surface area contributed by atoms with Crippen molar-refractivity contribution in [2.75, 3.05) is 0 Å². The molecule has 2 N–H and O–H groups in total. The molecule has 0 aliphatic carbocycles. The second-order valence-electron chi connectivity index (χ2n) is 5.33. The molecule has 2 rings (SSSR count). The van der Waals surface area contributed by atoms with E-state index in [-0.39, 0.29) is 0 Å². The van der Waals surface area contributed by atoms with E-state index < -0.39 is 12.0 Å². The summed E-state index contributed by atoms with van der Waals surface area (Å²) in [5, 5.41) is 13.8. The molecule has 1 heterocycles. The third kappa shape index (κ3) is 3.47. The number of hydrogen-bond acceptors (Lipinski definition) is 4. The zero-order valence-electron chi connectivity index (χ0n) is 12.7. The van der Waals surface area contributed by atoms with Gasteiger partial charge in [0.15, 0.2) is 5.17 Å². The normalized spacial score (nSPS) is 18.5. The number of benzene rings is 1. The number of rotatable bonds is 3. The summed E-state index contributed by atoms with van der Waals surface area (Å²) in [6.45, 7) is 7.95. The van der Waals surface area contributed by atoms with Crippen molar-refractivity contribution in [1.82, 2.24) is 5.32 Å². The van der Waals surface area contributed by atoms with Gasteiger partial charge in [-0.05, 0) is 25.0 Å². The largest absolute Gasteiger partial charge is 0.478 e. The molecule has 1 aliphatic rings. The van der Waals surface area contributed by atoms with Gasteiger partial charge in [0.1, 0.15) is 6.04 Å². The predicted molar refractivity (Wildman–Crippen MR) is 87.6 cm³/mol. The van der Waals surface area contributed by atoms with Gasteiger partial charge in [0.2, 0.25) is 0 Å². The van der Waals surface area contributed by atoms with Gasteiger partial charge in [-0.15, -0.1) is 0 Å². The molecule has 0 saturated heterocycles. The van der Waals surface area contributed by atoms with Gasteiger partial charge in [0, 0.05) is 10.9 Å². The van der Waals surface area contributed by atoms with Crippen LogP contribution in [0, 0.1) is 6.92 Å². The molecular weight excluding hydrogens is 284 g/mol. The fourth-order valence-electron chi connectivity index (χ4n) is 2.33. The Hall–Kier alpha value is -1.75. The van der Waals surface area contributed by atoms with E-state index >= 15 is 0 Å². The number of nitrogens with one attached hydrogen (secondary N) is 1. The molecule has 1 aromatic rings. The monoisotopic (exact) mass is 304 g/mol. The summed E-state index contributed by atoms with van der Waals surface area (Å²) in [6, 6.07) is 7.35. The molecule has 1 aromatic carbocycles. The minimum Gasteiger partial charge on any atom is -0.478 e. The van der Waals surface area contributed by atoms with E-state index in [1.54, 1.807) is 18.7 Å². The number of thioether (sulfide) groups is 1. The van der Waals surface area contributed by atoms with Crippen molar-refractivity contribution in [2.45, 2.75) is 39.0 Å². The number of aryl methyl sites for hydroxylation is 1. The van der Waals surface area contributed by atoms with Gasteiger partial charge in [0.05, 0.1) is 5.57 Å². The van der Waals surface area contributed by atoms with E-state index in [0.29, 0.717) is 16.5 Å². The Morgan fingerprint density at radius 1 is 1.33 bits per heavy atom. The minimum absolute atomic E-state index is 0.317. The van der Waals surface area contributed by atoms with E-state index in [0.717, 1.165) is 16.3 Å². The van der Waals surface area contributed by atoms with Crippen molar-refractivity contribution in [2.24, 2.45) is 4.99 Å². The Morgan fingerprint density at radius 2 is 2.00 bits per heavy atom. The lowest BCUT2D eigenvalue weighted by atomic mass is 9.93. The molecule has 4 nitrogen and oxygen atoms in total. The fraction of sp³-hybridized carbons (Fsp3) is 0.375. The van der Waals surface area contributed by atoms with Crippen LogP contribution >= 0.6 is 11.8 Å². The quantitative estimate of drug-likeness (QED) is 0.897. The third-order valence-electron chi connectivity index (χ3n) is 3.28. The number of carboxylic acid groups (broad SMARTS) is 1. The number of carbonyl (C=O) groups is 1. The number of hydrogen-bond donors (Lipinski definition) is 2. The average Bonchev–Trinajstić information content (AvgIpc) is 2.37. The molecular formula is C16H20N2O2S. The van der Waals surface area contributed by atoms with Gasteiger partial charge < -0.3 is 10.4 Å². The lowest BCUT2D eigenvalue weighted by Crippen LogP contribution is -2.30. The molecule has 0 radical (unpaired) electrons. The summed E-state index contributed by atoms with van der Waals surface area (Å²) in [7, 11) is 0. The Bertz CT molecular complexity index is 620. The Kier molecular flexibility index (Phi) is 4.73. The zero-order chi connectivity index (χ0) is 15.6. The lowest BCUT2D eigenvalue weighted by molar-refractivity contribution is -0.133. The molecule has 0 fully saturated rings. The number of aliphatic carboxylic acids is 1. The minimum atomic E-state index is -0.925. The van der Waals surface area contributed by atoms with Gasteiger partial charge in [-0.3, -0.25) is 0 Å². The topological polar surface area (TPSA) is 61.7 Å². The van der Waals surface area contributed by atoms with Crippen LogP contribution in [0.1, 0.15) is 37.9 Å². The van der Waals surface area contributed by atoms with E-state index in [1.807, 2.05) is 31.2 Å². The van der Waals surface area contributed by atoms with Crippen LogP contribution in [0.5, 0.6) is 0 Å². The predicted octanol–water partition coefficient (Wildman–Crippen LogP) is 3.50. The smallest absolute Gasteiger partial charge is 0.335 e. The molecule has 1 unspecified atom stereocenters. The van der Waals surface area contributed by atoms with Crippen molar-refractivity contribution in [3.05, 3.63) is 46.7 Å². The maximum Gasteiger partial charge on any atom is 0.335 e. The first kappa shape index (κ1) is 15.6. The van der Waals surface area contributed by atoms with Crippen molar-refractivity contribution < 1.29 is 9.90 Å². The van der Waals surface area contributed by atoms with Crippen LogP contribution in [0.4, 0.5) is 0 Å². The molecule has 0 aromatic heterocycles. The van der Waals surface area contributed by atoms with Gasteiger partial charge in [0.25, 0.3) is 0 Å². The average molecular weight is 304 g/mol. The van der Waals surface area contributed by atoms with Crippen molar-refractivity contribution in [3.8, 4) is 0 Å². The van der Waals surface area contributed by atoms with Crippen LogP contribution in [-0.2, 0) is 4.79 Å². The maximum atomic E-state index is 11.6. The highest BCUT2D eigenvalue weighted by molar-refractivity contribution is 8.14. The van der Waals surface area contributed by atoms with E-state index in [2.05, 4.69) is 24.2 Å². The highest BCUT2D eigenvalue weighted by atomic mass is 32.2. The van der Waals surface area contributed by atoms with Crippen molar-refractivity contribution in [1.29, 1.82) is 0 Å². The van der Waals surface area contributed by atoms with Crippen LogP contribution < -0.4 is 5.32 Å². The zero-order valence-corrected chi connectivity index (χ0v) is 13.5. The van der Waals surface area contributed by atoms with Gasteiger partial charge in [-0.1, -0.05) is 49.9 Å². The van der Waals surface area contributed by atoms with Gasteiger partial charge in [-0.2, -0.15) is 0 Å². The number of allylic oxidation sites excluding steroid dienone is 1. The molecule has 1 aliphatic heterocycles. The summed E-state index contributed by atoms with van der Waals surface area (Å²) in [5.41, 5.74) is 2.97. The Labute approximate surface area is 129 Å². The first-order valence-electron chi connectivity index (χ1n) is 6.91. The summed E-state index contributed by atoms with van der Waals surface area (Å²) >= 11 is 1.61. The first-order chi connectivity index (χ1) is 9.90. The van der Waals surface area contributed by atoms with Crippen LogP contribution in [0.15, 0.2) is 40.5 Å². The van der Waals surface area contributed by atoms with Crippen molar-refractivity contribution in [3.63, 3.8) is 0 Å². The first-order valence-corrected chi connectivity index (χ1v) is 7.79. The van der Waals surface area contributed by atoms with Gasteiger partial charge in [-0.25, -0.2) is 9.79 Å². The summed E-state index contributed by atoms with van der Waals surface area (Å²) in [6.07, 6.45) is 0.